The topological polar surface area (TPSA) is 26.0 Å². The van der Waals surface area contributed by atoms with Crippen LogP contribution in [0.1, 0.15) is 62.8 Å². The number of rotatable bonds is 3. The van der Waals surface area contributed by atoms with Gasteiger partial charge in [0.05, 0.1) is 0 Å². The quantitative estimate of drug-likeness (QED) is 0.663. The summed E-state index contributed by atoms with van der Waals surface area (Å²) >= 11 is 0. The molecule has 27 heavy (non-hydrogen) atoms. The monoisotopic (exact) mass is 369 g/mol. The van der Waals surface area contributed by atoms with E-state index in [9.17, 15) is 8.78 Å². The van der Waals surface area contributed by atoms with E-state index >= 15 is 0 Å². The Morgan fingerprint density at radius 1 is 0.630 bits per heavy atom. The minimum absolute atomic E-state index is 0.436. The highest BCUT2D eigenvalue weighted by Gasteiger charge is 2.30. The summed E-state index contributed by atoms with van der Waals surface area (Å²) in [5.74, 6) is 0.813. The fourth-order valence-electron chi connectivity index (χ4n) is 5.16. The molecule has 0 heterocycles. The molecule has 0 radical (unpaired) electrons. The van der Waals surface area contributed by atoms with Crippen molar-refractivity contribution >= 4 is 0 Å². The van der Waals surface area contributed by atoms with Gasteiger partial charge in [0.2, 0.25) is 0 Å². The molecule has 4 rings (SSSR count). The molecule has 2 aliphatic rings. The van der Waals surface area contributed by atoms with Crippen LogP contribution in [0.2, 0.25) is 0 Å². The summed E-state index contributed by atoms with van der Waals surface area (Å²) in [7, 11) is 0. The van der Waals surface area contributed by atoms with Crippen LogP contribution < -0.4 is 5.73 Å². The average Bonchev–Trinajstić information content (AvgIpc) is 2.71. The lowest BCUT2D eigenvalue weighted by molar-refractivity contribution is 0.177. The van der Waals surface area contributed by atoms with E-state index in [0.717, 1.165) is 23.0 Å². The van der Waals surface area contributed by atoms with Crippen LogP contribution in [0, 0.1) is 23.5 Å². The highest BCUT2D eigenvalue weighted by molar-refractivity contribution is 5.63. The molecule has 2 fully saturated rings. The molecule has 1 nitrogen and oxygen atoms in total. The Labute approximate surface area is 161 Å². The van der Waals surface area contributed by atoms with Crippen LogP contribution in [-0.2, 0) is 0 Å². The van der Waals surface area contributed by atoms with Gasteiger partial charge >= 0.3 is 0 Å². The van der Waals surface area contributed by atoms with E-state index in [1.807, 2.05) is 12.1 Å². The first kappa shape index (κ1) is 18.6. The smallest absolute Gasteiger partial charge is 0.159 e. The molecule has 0 amide bonds. The van der Waals surface area contributed by atoms with E-state index < -0.39 is 11.6 Å². The van der Waals surface area contributed by atoms with Crippen molar-refractivity contribution in [2.45, 2.75) is 63.3 Å². The number of halogens is 2. The zero-order valence-corrected chi connectivity index (χ0v) is 15.8. The fraction of sp³-hybridized carbons (Fsp3) is 0.500. The lowest BCUT2D eigenvalue weighted by atomic mass is 9.69. The van der Waals surface area contributed by atoms with Gasteiger partial charge in [-0.05, 0) is 97.9 Å². The van der Waals surface area contributed by atoms with Gasteiger partial charge in [-0.3, -0.25) is 0 Å². The second-order valence-electron chi connectivity index (χ2n) is 8.54. The molecule has 3 heteroatoms. The molecule has 0 spiro atoms. The summed E-state index contributed by atoms with van der Waals surface area (Å²) in [6, 6.07) is 12.9. The normalized spacial score (nSPS) is 28.9. The molecular formula is C24H29F2N. The number of benzene rings is 2. The van der Waals surface area contributed by atoms with Crippen molar-refractivity contribution in [3.8, 4) is 11.1 Å². The van der Waals surface area contributed by atoms with Gasteiger partial charge in [-0.1, -0.05) is 30.3 Å². The van der Waals surface area contributed by atoms with Gasteiger partial charge < -0.3 is 5.73 Å². The molecule has 2 aromatic carbocycles. The molecule has 2 aliphatic carbocycles. The van der Waals surface area contributed by atoms with Crippen LogP contribution >= 0.6 is 0 Å². The summed E-state index contributed by atoms with van der Waals surface area (Å²) in [5, 5.41) is 0. The Morgan fingerprint density at radius 3 is 1.78 bits per heavy atom. The molecule has 2 saturated carbocycles. The number of nitrogens with two attached hydrogens (primary N) is 1. The standard InChI is InChI=1S/C24H29F2N/c25-23-14-11-21(15-24(23)26)20-7-5-17(6-8-20)16-1-3-18(4-2-16)19-9-12-22(27)13-10-19/h5-8,11,14-16,18-19,22H,1-4,9-10,12-13,27H2. The fourth-order valence-corrected chi connectivity index (χ4v) is 5.16. The van der Waals surface area contributed by atoms with Gasteiger partial charge in [0.1, 0.15) is 0 Å². The van der Waals surface area contributed by atoms with Crippen molar-refractivity contribution in [2.24, 2.45) is 17.6 Å². The first-order chi connectivity index (χ1) is 13.1. The van der Waals surface area contributed by atoms with Crippen LogP contribution in [-0.4, -0.2) is 6.04 Å². The molecule has 2 aromatic rings. The van der Waals surface area contributed by atoms with Gasteiger partial charge in [-0.25, -0.2) is 8.78 Å². The first-order valence-corrected chi connectivity index (χ1v) is 10.4. The van der Waals surface area contributed by atoms with Crippen LogP contribution in [0.25, 0.3) is 11.1 Å². The zero-order chi connectivity index (χ0) is 18.8. The molecule has 144 valence electrons. The molecule has 2 N–H and O–H groups in total. The Bertz CT molecular complexity index is 754. The van der Waals surface area contributed by atoms with Gasteiger partial charge in [0.25, 0.3) is 0 Å². The number of hydrogen-bond acceptors (Lipinski definition) is 1. The van der Waals surface area contributed by atoms with E-state index in [2.05, 4.69) is 12.1 Å². The van der Waals surface area contributed by atoms with Gasteiger partial charge in [-0.15, -0.1) is 0 Å². The van der Waals surface area contributed by atoms with Crippen LogP contribution in [0.15, 0.2) is 42.5 Å². The third kappa shape index (κ3) is 4.24. The summed E-state index contributed by atoms with van der Waals surface area (Å²) in [6.07, 6.45) is 10.2. The maximum Gasteiger partial charge on any atom is 0.159 e. The van der Waals surface area contributed by atoms with Crippen LogP contribution in [0.4, 0.5) is 8.78 Å². The van der Waals surface area contributed by atoms with Crippen molar-refractivity contribution in [3.05, 3.63) is 59.7 Å². The lowest BCUT2D eigenvalue weighted by Gasteiger charge is -2.37. The minimum Gasteiger partial charge on any atom is -0.328 e. The van der Waals surface area contributed by atoms with Crippen molar-refractivity contribution < 1.29 is 8.78 Å². The van der Waals surface area contributed by atoms with Gasteiger partial charge in [0.15, 0.2) is 11.6 Å². The summed E-state index contributed by atoms with van der Waals surface area (Å²) in [5.41, 5.74) is 9.09. The first-order valence-electron chi connectivity index (χ1n) is 10.4. The SMILES string of the molecule is NC1CCC(C2CCC(c3ccc(-c4ccc(F)c(F)c4)cc3)CC2)CC1. The van der Waals surface area contributed by atoms with E-state index in [-0.39, 0.29) is 0 Å². The van der Waals surface area contributed by atoms with E-state index in [1.165, 1.54) is 69.1 Å². The van der Waals surface area contributed by atoms with Crippen LogP contribution in [0.3, 0.4) is 0 Å². The van der Waals surface area contributed by atoms with E-state index in [4.69, 9.17) is 5.73 Å². The second-order valence-corrected chi connectivity index (χ2v) is 8.54. The Kier molecular flexibility index (Phi) is 5.58. The minimum atomic E-state index is -0.799. The Hall–Kier alpha value is -1.74. The predicted octanol–water partition coefficient (Wildman–Crippen LogP) is 6.42. The lowest BCUT2D eigenvalue weighted by Crippen LogP contribution is -2.31. The maximum atomic E-state index is 13.5. The highest BCUT2D eigenvalue weighted by Crippen LogP contribution is 2.43. The van der Waals surface area contributed by atoms with Crippen molar-refractivity contribution in [1.29, 1.82) is 0 Å². The second kappa shape index (κ2) is 8.10. The molecule has 0 aliphatic heterocycles. The van der Waals surface area contributed by atoms with Gasteiger partial charge in [-0.2, -0.15) is 0 Å². The molecule has 0 bridgehead atoms. The van der Waals surface area contributed by atoms with Crippen molar-refractivity contribution in [2.75, 3.05) is 0 Å². The van der Waals surface area contributed by atoms with Crippen molar-refractivity contribution in [3.63, 3.8) is 0 Å². The summed E-state index contributed by atoms with van der Waals surface area (Å²) in [6.45, 7) is 0. The van der Waals surface area contributed by atoms with Crippen LogP contribution in [0.5, 0.6) is 0 Å². The molecular weight excluding hydrogens is 340 g/mol. The summed E-state index contributed by atoms with van der Waals surface area (Å²) in [4.78, 5) is 0. The third-order valence-corrected chi connectivity index (χ3v) is 6.89. The van der Waals surface area contributed by atoms with Crippen molar-refractivity contribution in [1.82, 2.24) is 0 Å². The summed E-state index contributed by atoms with van der Waals surface area (Å²) < 4.78 is 26.6. The Balaban J connectivity index is 1.36. The van der Waals surface area contributed by atoms with E-state index in [1.54, 1.807) is 6.07 Å². The third-order valence-electron chi connectivity index (χ3n) is 6.89. The highest BCUT2D eigenvalue weighted by atomic mass is 19.2. The molecule has 0 saturated heterocycles. The van der Waals surface area contributed by atoms with Gasteiger partial charge in [0, 0.05) is 6.04 Å². The molecule has 0 unspecified atom stereocenters. The molecule has 0 aromatic heterocycles. The predicted molar refractivity (Wildman–Crippen MR) is 106 cm³/mol. The zero-order valence-electron chi connectivity index (χ0n) is 15.8. The largest absolute Gasteiger partial charge is 0.328 e. The maximum absolute atomic E-state index is 13.5. The average molecular weight is 369 g/mol. The number of hydrogen-bond donors (Lipinski definition) is 1. The Morgan fingerprint density at radius 2 is 1.19 bits per heavy atom. The molecule has 0 atom stereocenters. The van der Waals surface area contributed by atoms with E-state index in [0.29, 0.717) is 12.0 Å².